The standard InChI is InChI=1S/C25H31NO3/c1-8-26-20-10-12-22(29-14-15(2)3)17(5)23(20)25(27)18(6)24(26)19-9-11-21(28-7)16(4)13-19/h9-13,15H,8,14H2,1-7H3. The lowest BCUT2D eigenvalue weighted by molar-refractivity contribution is 0.270. The number of hydrogen-bond acceptors (Lipinski definition) is 3. The van der Waals surface area contributed by atoms with Crippen molar-refractivity contribution in [1.82, 2.24) is 4.57 Å². The number of fused-ring (bicyclic) bond motifs is 1. The molecule has 0 saturated carbocycles. The van der Waals surface area contributed by atoms with Gasteiger partial charge in [0.15, 0.2) is 5.43 Å². The molecule has 0 bridgehead atoms. The first-order chi connectivity index (χ1) is 13.8. The maximum absolute atomic E-state index is 13.4. The van der Waals surface area contributed by atoms with Crippen molar-refractivity contribution in [3.05, 3.63) is 57.2 Å². The van der Waals surface area contributed by atoms with Crippen LogP contribution in [0.15, 0.2) is 35.1 Å². The van der Waals surface area contributed by atoms with Crippen molar-refractivity contribution in [2.45, 2.75) is 48.1 Å². The molecule has 0 aliphatic rings. The SMILES string of the molecule is CCn1c(-c2ccc(OC)c(C)c2)c(C)c(=O)c2c(C)c(OCC(C)C)ccc21. The molecule has 0 aliphatic carbocycles. The Balaban J connectivity index is 2.29. The molecule has 0 atom stereocenters. The monoisotopic (exact) mass is 393 g/mol. The molecule has 1 heterocycles. The lowest BCUT2D eigenvalue weighted by Crippen LogP contribution is -2.17. The Morgan fingerprint density at radius 2 is 1.69 bits per heavy atom. The Bertz CT molecular complexity index is 1110. The minimum atomic E-state index is 0.0701. The van der Waals surface area contributed by atoms with E-state index < -0.39 is 0 Å². The second-order valence-corrected chi connectivity index (χ2v) is 8.02. The van der Waals surface area contributed by atoms with Crippen molar-refractivity contribution in [3.63, 3.8) is 0 Å². The van der Waals surface area contributed by atoms with Crippen LogP contribution >= 0.6 is 0 Å². The van der Waals surface area contributed by atoms with E-state index in [1.165, 1.54) is 0 Å². The molecular formula is C25H31NO3. The van der Waals surface area contributed by atoms with E-state index in [1.54, 1.807) is 7.11 Å². The predicted molar refractivity (Wildman–Crippen MR) is 120 cm³/mol. The molecular weight excluding hydrogens is 362 g/mol. The summed E-state index contributed by atoms with van der Waals surface area (Å²) in [4.78, 5) is 13.4. The molecule has 0 N–H and O–H groups in total. The average molecular weight is 394 g/mol. The van der Waals surface area contributed by atoms with Crippen LogP contribution < -0.4 is 14.9 Å². The molecule has 3 aromatic rings. The van der Waals surface area contributed by atoms with Gasteiger partial charge in [0, 0.05) is 17.7 Å². The predicted octanol–water partition coefficient (Wildman–Crippen LogP) is 5.66. The van der Waals surface area contributed by atoms with Gasteiger partial charge in [-0.25, -0.2) is 0 Å². The minimum absolute atomic E-state index is 0.0701. The average Bonchev–Trinajstić information content (AvgIpc) is 2.69. The van der Waals surface area contributed by atoms with Crippen LogP contribution in [0.1, 0.15) is 37.5 Å². The zero-order chi connectivity index (χ0) is 21.3. The molecule has 0 unspecified atom stereocenters. The highest BCUT2D eigenvalue weighted by atomic mass is 16.5. The topological polar surface area (TPSA) is 40.5 Å². The Hall–Kier alpha value is -2.75. The Labute approximate surface area is 173 Å². The highest BCUT2D eigenvalue weighted by molar-refractivity contribution is 5.88. The molecule has 154 valence electrons. The van der Waals surface area contributed by atoms with Gasteiger partial charge in [-0.1, -0.05) is 13.8 Å². The number of aryl methyl sites for hydroxylation is 3. The molecule has 3 rings (SSSR count). The Morgan fingerprint density at radius 1 is 1.00 bits per heavy atom. The number of ether oxygens (including phenoxy) is 2. The second kappa shape index (κ2) is 8.32. The van der Waals surface area contributed by atoms with E-state index in [-0.39, 0.29) is 5.43 Å². The highest BCUT2D eigenvalue weighted by Crippen LogP contribution is 2.32. The van der Waals surface area contributed by atoms with Gasteiger partial charge in [0.1, 0.15) is 11.5 Å². The molecule has 0 amide bonds. The van der Waals surface area contributed by atoms with Gasteiger partial charge in [0.05, 0.1) is 30.3 Å². The maximum Gasteiger partial charge on any atom is 0.193 e. The van der Waals surface area contributed by atoms with Crippen LogP contribution in [-0.2, 0) is 6.54 Å². The van der Waals surface area contributed by atoms with E-state index in [2.05, 4.69) is 31.4 Å². The second-order valence-electron chi connectivity index (χ2n) is 8.02. The van der Waals surface area contributed by atoms with Crippen LogP contribution in [0.25, 0.3) is 22.2 Å². The summed E-state index contributed by atoms with van der Waals surface area (Å²) in [5.74, 6) is 2.07. The first-order valence-corrected chi connectivity index (χ1v) is 10.2. The molecule has 0 aliphatic heterocycles. The number of methoxy groups -OCH3 is 1. The minimum Gasteiger partial charge on any atom is -0.496 e. The zero-order valence-electron chi connectivity index (χ0n) is 18.6. The number of rotatable bonds is 6. The van der Waals surface area contributed by atoms with Crippen molar-refractivity contribution in [2.75, 3.05) is 13.7 Å². The van der Waals surface area contributed by atoms with E-state index in [0.29, 0.717) is 12.5 Å². The van der Waals surface area contributed by atoms with E-state index in [1.807, 2.05) is 45.0 Å². The highest BCUT2D eigenvalue weighted by Gasteiger charge is 2.19. The third kappa shape index (κ3) is 3.76. The fourth-order valence-corrected chi connectivity index (χ4v) is 3.95. The maximum atomic E-state index is 13.4. The molecule has 1 aromatic heterocycles. The van der Waals surface area contributed by atoms with E-state index in [4.69, 9.17) is 9.47 Å². The van der Waals surface area contributed by atoms with Crippen molar-refractivity contribution in [1.29, 1.82) is 0 Å². The third-order valence-electron chi connectivity index (χ3n) is 5.43. The van der Waals surface area contributed by atoms with Gasteiger partial charge in [-0.05, 0) is 75.1 Å². The first kappa shape index (κ1) is 21.0. The molecule has 0 spiro atoms. The van der Waals surface area contributed by atoms with Gasteiger partial charge in [-0.2, -0.15) is 0 Å². The van der Waals surface area contributed by atoms with Crippen molar-refractivity contribution < 1.29 is 9.47 Å². The van der Waals surface area contributed by atoms with Crippen molar-refractivity contribution >= 4 is 10.9 Å². The quantitative estimate of drug-likeness (QED) is 0.543. The molecule has 2 aromatic carbocycles. The third-order valence-corrected chi connectivity index (χ3v) is 5.43. The number of hydrogen-bond donors (Lipinski definition) is 0. The van der Waals surface area contributed by atoms with Gasteiger partial charge < -0.3 is 14.0 Å². The number of pyridine rings is 1. The Kier molecular flexibility index (Phi) is 6.02. The van der Waals surface area contributed by atoms with Gasteiger partial charge in [0.25, 0.3) is 0 Å². The van der Waals surface area contributed by atoms with Crippen LogP contribution in [0.4, 0.5) is 0 Å². The molecule has 0 saturated heterocycles. The van der Waals surface area contributed by atoms with Crippen LogP contribution in [0.2, 0.25) is 0 Å². The summed E-state index contributed by atoms with van der Waals surface area (Å²) in [6.07, 6.45) is 0. The lowest BCUT2D eigenvalue weighted by atomic mass is 9.98. The first-order valence-electron chi connectivity index (χ1n) is 10.2. The van der Waals surface area contributed by atoms with Gasteiger partial charge >= 0.3 is 0 Å². The van der Waals surface area contributed by atoms with E-state index in [9.17, 15) is 4.79 Å². The summed E-state index contributed by atoms with van der Waals surface area (Å²) in [5, 5.41) is 0.750. The van der Waals surface area contributed by atoms with Gasteiger partial charge in [-0.15, -0.1) is 0 Å². The molecule has 4 heteroatoms. The Morgan fingerprint density at radius 3 is 2.28 bits per heavy atom. The van der Waals surface area contributed by atoms with E-state index >= 15 is 0 Å². The lowest BCUT2D eigenvalue weighted by Gasteiger charge is -2.21. The summed E-state index contributed by atoms with van der Waals surface area (Å²) in [5.41, 5.74) is 5.73. The van der Waals surface area contributed by atoms with Crippen molar-refractivity contribution in [2.24, 2.45) is 5.92 Å². The number of benzene rings is 2. The summed E-state index contributed by atoms with van der Waals surface area (Å²) in [6.45, 7) is 13.7. The summed E-state index contributed by atoms with van der Waals surface area (Å²) < 4.78 is 13.6. The van der Waals surface area contributed by atoms with Gasteiger partial charge in [-0.3, -0.25) is 4.79 Å². The molecule has 29 heavy (non-hydrogen) atoms. The summed E-state index contributed by atoms with van der Waals surface area (Å²) >= 11 is 0. The van der Waals surface area contributed by atoms with Crippen LogP contribution in [0, 0.1) is 26.7 Å². The number of aromatic nitrogens is 1. The molecule has 0 fully saturated rings. The van der Waals surface area contributed by atoms with Crippen LogP contribution in [0.5, 0.6) is 11.5 Å². The molecule has 4 nitrogen and oxygen atoms in total. The van der Waals surface area contributed by atoms with E-state index in [0.717, 1.165) is 56.9 Å². The summed E-state index contributed by atoms with van der Waals surface area (Å²) in [6, 6.07) is 10.1. The zero-order valence-corrected chi connectivity index (χ0v) is 18.6. The van der Waals surface area contributed by atoms with Crippen LogP contribution in [-0.4, -0.2) is 18.3 Å². The van der Waals surface area contributed by atoms with Crippen molar-refractivity contribution in [3.8, 4) is 22.8 Å². The fraction of sp³-hybridized carbons (Fsp3) is 0.400. The normalized spacial score (nSPS) is 11.3. The fourth-order valence-electron chi connectivity index (χ4n) is 3.95. The summed E-state index contributed by atoms with van der Waals surface area (Å²) in [7, 11) is 1.67. The smallest absolute Gasteiger partial charge is 0.193 e. The molecule has 0 radical (unpaired) electrons. The van der Waals surface area contributed by atoms with Crippen LogP contribution in [0.3, 0.4) is 0 Å². The number of nitrogens with zero attached hydrogens (tertiary/aromatic N) is 1. The van der Waals surface area contributed by atoms with Gasteiger partial charge in [0.2, 0.25) is 0 Å². The largest absolute Gasteiger partial charge is 0.496 e.